The van der Waals surface area contributed by atoms with Crippen LogP contribution < -0.4 is 10.6 Å². The zero-order valence-corrected chi connectivity index (χ0v) is 18.3. The molecule has 7 heteroatoms. The maximum absolute atomic E-state index is 13.5. The van der Waals surface area contributed by atoms with Crippen LogP contribution in [0.2, 0.25) is 0 Å². The fraction of sp³-hybridized carbons (Fsp3) is 0.650. The fourth-order valence-corrected chi connectivity index (χ4v) is 3.38. The molecular formula is C20H31FIN3O2. The summed E-state index contributed by atoms with van der Waals surface area (Å²) in [6, 6.07) is 6.94. The minimum absolute atomic E-state index is 0. The van der Waals surface area contributed by atoms with Crippen LogP contribution in [-0.4, -0.2) is 52.0 Å². The molecule has 5 nitrogen and oxygen atoms in total. The van der Waals surface area contributed by atoms with Gasteiger partial charge in [-0.05, 0) is 49.8 Å². The van der Waals surface area contributed by atoms with E-state index in [1.807, 2.05) is 6.07 Å². The molecule has 2 aliphatic rings. The number of nitrogens with one attached hydrogen (secondary N) is 2. The van der Waals surface area contributed by atoms with Crippen LogP contribution in [0.4, 0.5) is 4.39 Å². The molecule has 2 fully saturated rings. The summed E-state index contributed by atoms with van der Waals surface area (Å²) in [4.78, 5) is 4.27. The molecule has 0 bridgehead atoms. The van der Waals surface area contributed by atoms with Gasteiger partial charge in [0.25, 0.3) is 0 Å². The van der Waals surface area contributed by atoms with Crippen molar-refractivity contribution >= 4 is 29.9 Å². The summed E-state index contributed by atoms with van der Waals surface area (Å²) < 4.78 is 24.7. The van der Waals surface area contributed by atoms with E-state index in [1.54, 1.807) is 19.2 Å². The first kappa shape index (κ1) is 22.4. The normalized spacial score (nSPS) is 20.8. The summed E-state index contributed by atoms with van der Waals surface area (Å²) >= 11 is 0. The average molecular weight is 491 g/mol. The Morgan fingerprint density at radius 2 is 2.22 bits per heavy atom. The predicted molar refractivity (Wildman–Crippen MR) is 117 cm³/mol. The molecule has 152 valence electrons. The monoisotopic (exact) mass is 491 g/mol. The van der Waals surface area contributed by atoms with Crippen LogP contribution in [0, 0.1) is 5.82 Å². The Labute approximate surface area is 178 Å². The third kappa shape index (κ3) is 6.87. The van der Waals surface area contributed by atoms with E-state index in [9.17, 15) is 4.39 Å². The quantitative estimate of drug-likeness (QED) is 0.241. The second-order valence-electron chi connectivity index (χ2n) is 7.21. The number of hydrogen-bond acceptors (Lipinski definition) is 3. The predicted octanol–water partition coefficient (Wildman–Crippen LogP) is 3.23. The number of ether oxygens (including phenoxy) is 2. The summed E-state index contributed by atoms with van der Waals surface area (Å²) in [5.74, 6) is 0.617. The molecule has 0 radical (unpaired) electrons. The van der Waals surface area contributed by atoms with Crippen molar-refractivity contribution < 1.29 is 13.9 Å². The number of aliphatic imine (C=N–C) groups is 1. The first-order valence-electron chi connectivity index (χ1n) is 9.62. The van der Waals surface area contributed by atoms with Crippen molar-refractivity contribution in [1.29, 1.82) is 0 Å². The lowest BCUT2D eigenvalue weighted by atomic mass is 9.96. The first-order chi connectivity index (χ1) is 12.7. The number of benzene rings is 1. The second kappa shape index (κ2) is 11.2. The summed E-state index contributed by atoms with van der Waals surface area (Å²) in [6.45, 7) is 3.86. The van der Waals surface area contributed by atoms with E-state index in [2.05, 4.69) is 15.6 Å². The number of rotatable bonds is 9. The fourth-order valence-electron chi connectivity index (χ4n) is 3.38. The van der Waals surface area contributed by atoms with Crippen molar-refractivity contribution in [1.82, 2.24) is 10.6 Å². The van der Waals surface area contributed by atoms with Gasteiger partial charge < -0.3 is 20.1 Å². The molecule has 1 aromatic rings. The van der Waals surface area contributed by atoms with Gasteiger partial charge in [0.15, 0.2) is 5.96 Å². The smallest absolute Gasteiger partial charge is 0.191 e. The molecule has 1 saturated heterocycles. The zero-order chi connectivity index (χ0) is 18.2. The molecule has 1 saturated carbocycles. The zero-order valence-electron chi connectivity index (χ0n) is 16.0. The molecule has 0 aromatic heterocycles. The third-order valence-electron chi connectivity index (χ3n) is 5.19. The van der Waals surface area contributed by atoms with Crippen molar-refractivity contribution in [3.63, 3.8) is 0 Å². The van der Waals surface area contributed by atoms with Crippen LogP contribution in [0.3, 0.4) is 0 Å². The lowest BCUT2D eigenvalue weighted by Crippen LogP contribution is -2.41. The Balaban J connectivity index is 0.00000261. The van der Waals surface area contributed by atoms with Crippen molar-refractivity contribution in [2.75, 3.05) is 40.0 Å². The maximum atomic E-state index is 13.5. The summed E-state index contributed by atoms with van der Waals surface area (Å²) in [5.41, 5.74) is 1.12. The van der Waals surface area contributed by atoms with Crippen molar-refractivity contribution in [2.24, 2.45) is 4.99 Å². The molecule has 3 rings (SSSR count). The van der Waals surface area contributed by atoms with E-state index in [0.29, 0.717) is 6.61 Å². The first-order valence-corrected chi connectivity index (χ1v) is 9.62. The minimum atomic E-state index is -0.167. The molecule has 1 atom stereocenters. The second-order valence-corrected chi connectivity index (χ2v) is 7.21. The summed E-state index contributed by atoms with van der Waals surface area (Å²) in [6.07, 6.45) is 5.63. The Kier molecular flexibility index (Phi) is 9.25. The highest BCUT2D eigenvalue weighted by Crippen LogP contribution is 2.47. The largest absolute Gasteiger partial charge is 0.379 e. The molecule has 1 aliphatic heterocycles. The summed E-state index contributed by atoms with van der Waals surface area (Å²) in [7, 11) is 1.77. The van der Waals surface area contributed by atoms with Gasteiger partial charge in [0, 0.05) is 38.8 Å². The minimum Gasteiger partial charge on any atom is -0.379 e. The number of nitrogens with zero attached hydrogens (tertiary/aromatic N) is 1. The van der Waals surface area contributed by atoms with Gasteiger partial charge >= 0.3 is 0 Å². The molecular weight excluding hydrogens is 460 g/mol. The van der Waals surface area contributed by atoms with Crippen molar-refractivity contribution in [3.8, 4) is 0 Å². The molecule has 2 N–H and O–H groups in total. The van der Waals surface area contributed by atoms with E-state index in [1.165, 1.54) is 6.07 Å². The molecule has 0 spiro atoms. The summed E-state index contributed by atoms with van der Waals surface area (Å²) in [5, 5.41) is 6.70. The van der Waals surface area contributed by atoms with Gasteiger partial charge in [-0.25, -0.2) is 4.39 Å². The van der Waals surface area contributed by atoms with Crippen LogP contribution in [0.1, 0.15) is 37.7 Å². The van der Waals surface area contributed by atoms with Crippen LogP contribution in [0.15, 0.2) is 29.3 Å². The van der Waals surface area contributed by atoms with Crippen molar-refractivity contribution in [2.45, 2.75) is 43.6 Å². The molecule has 0 amide bonds. The van der Waals surface area contributed by atoms with E-state index >= 15 is 0 Å². The topological polar surface area (TPSA) is 54.9 Å². The standard InChI is InChI=1S/C20H30FN3O2.HI/c1-22-19(23-10-4-11-25-14-18-7-3-12-26-18)24-15-20(8-9-20)16-5-2-6-17(21)13-16;/h2,5-6,13,18H,3-4,7-12,14-15H2,1H3,(H2,22,23,24);1H. The van der Waals surface area contributed by atoms with E-state index in [0.717, 1.165) is 69.9 Å². The highest BCUT2D eigenvalue weighted by Gasteiger charge is 2.44. The Morgan fingerprint density at radius 1 is 1.37 bits per heavy atom. The van der Waals surface area contributed by atoms with E-state index in [-0.39, 0.29) is 41.3 Å². The van der Waals surface area contributed by atoms with E-state index < -0.39 is 0 Å². The van der Waals surface area contributed by atoms with Gasteiger partial charge in [-0.15, -0.1) is 24.0 Å². The van der Waals surface area contributed by atoms with Crippen LogP contribution in [0.25, 0.3) is 0 Å². The molecule has 1 aliphatic carbocycles. The van der Waals surface area contributed by atoms with E-state index in [4.69, 9.17) is 9.47 Å². The Morgan fingerprint density at radius 3 is 2.89 bits per heavy atom. The van der Waals surface area contributed by atoms with Gasteiger partial charge in [0.2, 0.25) is 0 Å². The molecule has 1 unspecified atom stereocenters. The van der Waals surface area contributed by atoms with Gasteiger partial charge in [0.05, 0.1) is 12.7 Å². The van der Waals surface area contributed by atoms with Gasteiger partial charge in [0.1, 0.15) is 5.82 Å². The number of halogens is 2. The lowest BCUT2D eigenvalue weighted by Gasteiger charge is -2.19. The van der Waals surface area contributed by atoms with Gasteiger partial charge in [-0.2, -0.15) is 0 Å². The number of guanidine groups is 1. The Hall–Kier alpha value is -0.930. The van der Waals surface area contributed by atoms with Crippen molar-refractivity contribution in [3.05, 3.63) is 35.6 Å². The number of hydrogen-bond donors (Lipinski definition) is 2. The lowest BCUT2D eigenvalue weighted by molar-refractivity contribution is 0.0168. The highest BCUT2D eigenvalue weighted by molar-refractivity contribution is 14.0. The average Bonchev–Trinajstić information content (AvgIpc) is 3.27. The van der Waals surface area contributed by atoms with Crippen LogP contribution >= 0.6 is 24.0 Å². The molecule has 27 heavy (non-hydrogen) atoms. The van der Waals surface area contributed by atoms with Gasteiger partial charge in [-0.3, -0.25) is 4.99 Å². The maximum Gasteiger partial charge on any atom is 0.191 e. The Bertz CT molecular complexity index is 605. The third-order valence-corrected chi connectivity index (χ3v) is 5.19. The van der Waals surface area contributed by atoms with Crippen LogP contribution in [0.5, 0.6) is 0 Å². The van der Waals surface area contributed by atoms with Gasteiger partial charge in [-0.1, -0.05) is 12.1 Å². The highest BCUT2D eigenvalue weighted by atomic mass is 127. The molecule has 1 heterocycles. The van der Waals surface area contributed by atoms with Crippen LogP contribution in [-0.2, 0) is 14.9 Å². The molecule has 1 aromatic carbocycles. The SMILES string of the molecule is CN=C(NCCCOCC1CCCO1)NCC1(c2cccc(F)c2)CC1.I.